The Morgan fingerprint density at radius 3 is 2.41 bits per heavy atom. The maximum absolute atomic E-state index is 12.6. The number of hydrogen-bond acceptors (Lipinski definition) is 4. The molecule has 0 spiro atoms. The molecular weight excluding hydrogens is 340 g/mol. The molecule has 1 aliphatic heterocycles. The van der Waals surface area contributed by atoms with Crippen LogP contribution in [0.1, 0.15) is 31.9 Å². The number of piperazine rings is 1. The summed E-state index contributed by atoms with van der Waals surface area (Å²) in [4.78, 5) is 30.8. The molecule has 1 aromatic carbocycles. The molecule has 1 fully saturated rings. The maximum atomic E-state index is 12.6. The van der Waals surface area contributed by atoms with E-state index in [-0.39, 0.29) is 30.4 Å². The highest BCUT2D eigenvalue weighted by atomic mass is 16.2. The normalized spacial score (nSPS) is 16.6. The third-order valence-corrected chi connectivity index (χ3v) is 5.07. The van der Waals surface area contributed by atoms with Crippen LogP contribution in [0, 0.1) is 6.92 Å². The van der Waals surface area contributed by atoms with E-state index in [1.165, 1.54) is 11.1 Å². The van der Waals surface area contributed by atoms with Crippen LogP contribution in [0.4, 0.5) is 0 Å². The van der Waals surface area contributed by atoms with Gasteiger partial charge in [-0.25, -0.2) is 0 Å². The van der Waals surface area contributed by atoms with Crippen LogP contribution in [0.5, 0.6) is 0 Å². The molecule has 0 aliphatic carbocycles. The smallest absolute Gasteiger partial charge is 0.237 e. The van der Waals surface area contributed by atoms with Crippen molar-refractivity contribution >= 4 is 11.8 Å². The van der Waals surface area contributed by atoms with Gasteiger partial charge in [-0.05, 0) is 40.3 Å². The van der Waals surface area contributed by atoms with Crippen LogP contribution < -0.4 is 5.32 Å². The number of benzene rings is 1. The molecule has 1 saturated heterocycles. The molecular formula is C21H34N4O2. The zero-order chi connectivity index (χ0) is 20.0. The number of likely N-dealkylation sites (N-methyl/N-ethyl adjacent to an activating group) is 1. The first-order valence-electron chi connectivity index (χ1n) is 9.82. The quantitative estimate of drug-likeness (QED) is 0.786. The third kappa shape index (κ3) is 6.63. The molecule has 0 saturated carbocycles. The summed E-state index contributed by atoms with van der Waals surface area (Å²) >= 11 is 0. The molecule has 2 rings (SSSR count). The van der Waals surface area contributed by atoms with Gasteiger partial charge in [0.15, 0.2) is 0 Å². The van der Waals surface area contributed by atoms with Gasteiger partial charge in [0, 0.05) is 38.8 Å². The van der Waals surface area contributed by atoms with Crippen LogP contribution in [0.25, 0.3) is 0 Å². The summed E-state index contributed by atoms with van der Waals surface area (Å²) in [5.74, 6) is 0.0557. The zero-order valence-corrected chi connectivity index (χ0v) is 17.4. The highest BCUT2D eigenvalue weighted by molar-refractivity contribution is 5.83. The lowest BCUT2D eigenvalue weighted by molar-refractivity contribution is -0.135. The third-order valence-electron chi connectivity index (χ3n) is 5.07. The van der Waals surface area contributed by atoms with E-state index in [4.69, 9.17) is 0 Å². The molecule has 27 heavy (non-hydrogen) atoms. The summed E-state index contributed by atoms with van der Waals surface area (Å²) in [6, 6.07) is 8.36. The van der Waals surface area contributed by atoms with Gasteiger partial charge in [-0.3, -0.25) is 19.4 Å². The average molecular weight is 375 g/mol. The molecule has 1 aromatic rings. The van der Waals surface area contributed by atoms with E-state index in [2.05, 4.69) is 41.4 Å². The molecule has 0 bridgehead atoms. The Balaban J connectivity index is 1.78. The largest absolute Gasteiger partial charge is 0.353 e. The predicted octanol–water partition coefficient (Wildman–Crippen LogP) is 1.48. The highest BCUT2D eigenvalue weighted by Crippen LogP contribution is 2.11. The lowest BCUT2D eigenvalue weighted by atomic mass is 10.1. The van der Waals surface area contributed by atoms with Gasteiger partial charge >= 0.3 is 0 Å². The first-order chi connectivity index (χ1) is 12.8. The van der Waals surface area contributed by atoms with Gasteiger partial charge in [0.25, 0.3) is 0 Å². The molecule has 0 aromatic heterocycles. The van der Waals surface area contributed by atoms with Crippen molar-refractivity contribution in [2.45, 2.75) is 46.3 Å². The van der Waals surface area contributed by atoms with Crippen molar-refractivity contribution in [3.63, 3.8) is 0 Å². The van der Waals surface area contributed by atoms with Gasteiger partial charge in [-0.15, -0.1) is 0 Å². The fourth-order valence-electron chi connectivity index (χ4n) is 3.28. The summed E-state index contributed by atoms with van der Waals surface area (Å²) in [6.45, 7) is 12.3. The number of nitrogens with zero attached hydrogens (tertiary/aromatic N) is 3. The maximum Gasteiger partial charge on any atom is 0.237 e. The molecule has 0 unspecified atom stereocenters. The fraction of sp³-hybridized carbons (Fsp3) is 0.619. The highest BCUT2D eigenvalue weighted by Gasteiger charge is 2.25. The minimum atomic E-state index is -0.320. The Morgan fingerprint density at radius 1 is 1.15 bits per heavy atom. The summed E-state index contributed by atoms with van der Waals surface area (Å²) in [7, 11) is 1.83. The average Bonchev–Trinajstić information content (AvgIpc) is 2.61. The van der Waals surface area contributed by atoms with Crippen LogP contribution >= 0.6 is 0 Å². The van der Waals surface area contributed by atoms with Crippen LogP contribution in [0.2, 0.25) is 0 Å². The van der Waals surface area contributed by atoms with Crippen LogP contribution in [-0.2, 0) is 16.1 Å². The second kappa shape index (κ2) is 9.85. The topological polar surface area (TPSA) is 55.9 Å². The Labute approximate surface area is 163 Å². The van der Waals surface area contributed by atoms with Gasteiger partial charge in [-0.2, -0.15) is 0 Å². The van der Waals surface area contributed by atoms with Gasteiger partial charge in [0.1, 0.15) is 0 Å². The second-order valence-corrected chi connectivity index (χ2v) is 7.90. The molecule has 6 nitrogen and oxygen atoms in total. The predicted molar refractivity (Wildman–Crippen MR) is 108 cm³/mol. The van der Waals surface area contributed by atoms with Gasteiger partial charge < -0.3 is 10.2 Å². The van der Waals surface area contributed by atoms with Crippen molar-refractivity contribution in [3.05, 3.63) is 35.4 Å². The Bertz CT molecular complexity index is 639. The number of carbonyl (C=O) groups is 2. The summed E-state index contributed by atoms with van der Waals surface area (Å²) in [6.07, 6.45) is 0. The molecule has 6 heteroatoms. The van der Waals surface area contributed by atoms with Gasteiger partial charge in [0.2, 0.25) is 11.8 Å². The number of rotatable bonds is 7. The fourth-order valence-corrected chi connectivity index (χ4v) is 3.28. The molecule has 2 amide bonds. The first-order valence-corrected chi connectivity index (χ1v) is 9.82. The second-order valence-electron chi connectivity index (χ2n) is 7.90. The van der Waals surface area contributed by atoms with Crippen molar-refractivity contribution in [1.82, 2.24) is 20.0 Å². The lowest BCUT2D eigenvalue weighted by Gasteiger charge is -2.36. The number of carbonyl (C=O) groups excluding carboxylic acids is 2. The van der Waals surface area contributed by atoms with Gasteiger partial charge in [0.05, 0.1) is 12.6 Å². The molecule has 1 N–H and O–H groups in total. The molecule has 1 aliphatic rings. The number of nitrogens with one attached hydrogen (secondary N) is 1. The van der Waals surface area contributed by atoms with E-state index in [0.717, 1.165) is 32.7 Å². The molecule has 0 radical (unpaired) electrons. The van der Waals surface area contributed by atoms with Crippen LogP contribution in [-0.4, -0.2) is 78.4 Å². The molecule has 150 valence electrons. The van der Waals surface area contributed by atoms with E-state index in [0.29, 0.717) is 0 Å². The van der Waals surface area contributed by atoms with Crippen molar-refractivity contribution in [3.8, 4) is 0 Å². The van der Waals surface area contributed by atoms with E-state index < -0.39 is 0 Å². The number of hydrogen-bond donors (Lipinski definition) is 1. The first kappa shape index (κ1) is 21.4. The molecule has 1 heterocycles. The minimum Gasteiger partial charge on any atom is -0.353 e. The summed E-state index contributed by atoms with van der Waals surface area (Å²) < 4.78 is 0. The Hall–Kier alpha value is -1.92. The van der Waals surface area contributed by atoms with E-state index in [1.54, 1.807) is 0 Å². The SMILES string of the molecule is Cc1cccc(CN2CCN(C(=O)CN(C)[C@H](C)C(=O)NC(C)C)CC2)c1. The standard InChI is InChI=1S/C21H34N4O2/c1-16(2)22-21(27)18(4)23(5)15-20(26)25-11-9-24(10-12-25)14-19-8-6-7-17(3)13-19/h6-8,13,16,18H,9-12,14-15H2,1-5H3,(H,22,27)/t18-/m1/s1. The Kier molecular flexibility index (Phi) is 7.80. The summed E-state index contributed by atoms with van der Waals surface area (Å²) in [5.41, 5.74) is 2.60. The van der Waals surface area contributed by atoms with E-state index in [9.17, 15) is 9.59 Å². The van der Waals surface area contributed by atoms with Crippen molar-refractivity contribution in [2.75, 3.05) is 39.8 Å². The minimum absolute atomic E-state index is 0.0386. The van der Waals surface area contributed by atoms with Crippen molar-refractivity contribution in [2.24, 2.45) is 0 Å². The summed E-state index contributed by atoms with van der Waals surface area (Å²) in [5, 5.41) is 2.90. The zero-order valence-electron chi connectivity index (χ0n) is 17.4. The lowest BCUT2D eigenvalue weighted by Crippen LogP contribution is -2.53. The molecule has 1 atom stereocenters. The number of aryl methyl sites for hydroxylation is 1. The van der Waals surface area contributed by atoms with Crippen molar-refractivity contribution in [1.29, 1.82) is 0 Å². The van der Waals surface area contributed by atoms with Crippen LogP contribution in [0.15, 0.2) is 24.3 Å². The number of amides is 2. The van der Waals surface area contributed by atoms with E-state index >= 15 is 0 Å². The van der Waals surface area contributed by atoms with Crippen molar-refractivity contribution < 1.29 is 9.59 Å². The van der Waals surface area contributed by atoms with E-state index in [1.807, 2.05) is 37.6 Å². The van der Waals surface area contributed by atoms with Gasteiger partial charge in [-0.1, -0.05) is 29.8 Å². The van der Waals surface area contributed by atoms with Crippen LogP contribution in [0.3, 0.4) is 0 Å². The monoisotopic (exact) mass is 374 g/mol. The Morgan fingerprint density at radius 2 is 1.81 bits per heavy atom.